The second-order valence-electron chi connectivity index (χ2n) is 15.2. The molecule has 1 N–H and O–H groups in total. The highest BCUT2D eigenvalue weighted by atomic mass is 28.3. The van der Waals surface area contributed by atoms with Gasteiger partial charge in [0.1, 0.15) is 31.0 Å². The minimum absolute atomic E-state index is 0.0618. The van der Waals surface area contributed by atoms with E-state index in [1.807, 2.05) is 0 Å². The number of fused-ring (bicyclic) bond motifs is 2. The molecule has 0 spiro atoms. The zero-order chi connectivity index (χ0) is 40.6. The highest BCUT2D eigenvalue weighted by Crippen LogP contribution is 2.46. The third-order valence-electron chi connectivity index (χ3n) is 10.3. The number of aliphatic hydroxyl groups is 1. The van der Waals surface area contributed by atoms with Crippen molar-refractivity contribution in [3.05, 3.63) is 57.6 Å². The van der Waals surface area contributed by atoms with Crippen molar-refractivity contribution in [2.45, 2.75) is 89.7 Å². The molecule has 0 bridgehead atoms. The molecule has 5 rings (SSSR count). The lowest BCUT2D eigenvalue weighted by molar-refractivity contribution is -0.384. The maximum Gasteiger partial charge on any atom is 0.422 e. The molecule has 4 aromatic rings. The van der Waals surface area contributed by atoms with E-state index in [1.54, 1.807) is 13.0 Å². The number of piperidine rings is 1. The summed E-state index contributed by atoms with van der Waals surface area (Å²) in [5.41, 5.74) is 0.530. The van der Waals surface area contributed by atoms with Crippen LogP contribution in [-0.2, 0) is 4.74 Å². The number of alkyl halides is 3. The van der Waals surface area contributed by atoms with Gasteiger partial charge in [-0.25, -0.2) is 8.78 Å². The van der Waals surface area contributed by atoms with Gasteiger partial charge in [-0.2, -0.15) is 23.1 Å². The van der Waals surface area contributed by atoms with Crippen LogP contribution >= 0.6 is 0 Å². The van der Waals surface area contributed by atoms with E-state index in [-0.39, 0.29) is 70.0 Å². The fourth-order valence-electron chi connectivity index (χ4n) is 7.98. The predicted octanol–water partition coefficient (Wildman–Crippen LogP) is 9.48. The summed E-state index contributed by atoms with van der Waals surface area (Å²) in [5, 5.41) is 24.0. The number of anilines is 1. The number of nitrogens with zero attached hydrogens (tertiary/aromatic N) is 4. The Balaban J connectivity index is 1.92. The largest absolute Gasteiger partial charge is 0.468 e. The number of ether oxygens (including phenoxy) is 3. The Morgan fingerprint density at radius 1 is 1.05 bits per heavy atom. The van der Waals surface area contributed by atoms with Crippen LogP contribution in [0.1, 0.15) is 66.9 Å². The fourth-order valence-corrected chi connectivity index (χ4v) is 13.2. The van der Waals surface area contributed by atoms with Crippen LogP contribution in [0.4, 0.5) is 33.5 Å². The Bertz CT molecular complexity index is 2150. The molecule has 0 unspecified atom stereocenters. The fraction of sp³-hybridized carbons (Fsp3) is 0.487. The summed E-state index contributed by atoms with van der Waals surface area (Å²) in [6.45, 7) is 12.2. The maximum atomic E-state index is 17.4. The second kappa shape index (κ2) is 15.9. The zero-order valence-corrected chi connectivity index (χ0v) is 33.0. The summed E-state index contributed by atoms with van der Waals surface area (Å²) in [6.07, 6.45) is -3.96. The molecular formula is C39H45F5N4O6Si. The van der Waals surface area contributed by atoms with Gasteiger partial charge in [0.2, 0.25) is 0 Å². The number of β-amino-alcohol motifs (C(OH)–C–C–N with tert-alkyl or cyclic N) is 1. The average Bonchev–Trinajstić information content (AvgIpc) is 3.09. The molecule has 0 saturated carbocycles. The number of aromatic nitrogens is 2. The van der Waals surface area contributed by atoms with E-state index in [0.29, 0.717) is 18.2 Å². The van der Waals surface area contributed by atoms with E-state index in [1.165, 1.54) is 30.2 Å². The van der Waals surface area contributed by atoms with E-state index < -0.39 is 65.8 Å². The summed E-state index contributed by atoms with van der Waals surface area (Å²) in [4.78, 5) is 21.8. The Labute approximate surface area is 317 Å². The number of rotatable bonds is 11. The molecule has 16 heteroatoms. The van der Waals surface area contributed by atoms with Crippen LogP contribution in [0.15, 0.2) is 30.3 Å². The third kappa shape index (κ3) is 8.48. The number of hydrogen-bond donors (Lipinski definition) is 1. The molecule has 10 nitrogen and oxygen atoms in total. The van der Waals surface area contributed by atoms with Gasteiger partial charge in [-0.1, -0.05) is 53.5 Å². The number of benzene rings is 3. The molecule has 55 heavy (non-hydrogen) atoms. The lowest BCUT2D eigenvalue weighted by Crippen LogP contribution is -2.46. The van der Waals surface area contributed by atoms with Crippen molar-refractivity contribution in [2.24, 2.45) is 0 Å². The molecular weight excluding hydrogens is 744 g/mol. The number of halogens is 5. The predicted molar refractivity (Wildman–Crippen MR) is 203 cm³/mol. The lowest BCUT2D eigenvalue weighted by Gasteiger charge is -2.38. The van der Waals surface area contributed by atoms with Gasteiger partial charge in [-0.15, -0.1) is 5.54 Å². The second-order valence-corrected chi connectivity index (χ2v) is 20.8. The molecule has 1 aliphatic heterocycles. The van der Waals surface area contributed by atoms with Crippen molar-refractivity contribution in [1.29, 1.82) is 0 Å². The van der Waals surface area contributed by atoms with Crippen molar-refractivity contribution in [2.75, 3.05) is 38.5 Å². The van der Waals surface area contributed by atoms with E-state index in [9.17, 15) is 28.4 Å². The number of hydrogen-bond acceptors (Lipinski definition) is 9. The van der Waals surface area contributed by atoms with Gasteiger partial charge >= 0.3 is 12.2 Å². The average molecular weight is 789 g/mol. The number of nitro benzene ring substituents is 1. The SMILES string of the molecule is COCOc1cc(-c2c([N+](=O)[O-])cc3c(N4CCC[C@@](C)(O)C4)nc(OCC(F)(F)F)nc3c2F)c2c(C#C[Si](C(C)C)(C(C)C)C(C)C)c(F)ccc2c1. The summed E-state index contributed by atoms with van der Waals surface area (Å²) < 4.78 is 89.2. The van der Waals surface area contributed by atoms with Crippen molar-refractivity contribution in [3.63, 3.8) is 0 Å². The monoisotopic (exact) mass is 788 g/mol. The quantitative estimate of drug-likeness (QED) is 0.0396. The summed E-state index contributed by atoms with van der Waals surface area (Å²) in [6, 6.07) is 5.70. The van der Waals surface area contributed by atoms with Gasteiger partial charge in [0.25, 0.3) is 5.69 Å². The zero-order valence-electron chi connectivity index (χ0n) is 32.0. The summed E-state index contributed by atoms with van der Waals surface area (Å²) >= 11 is 0. The normalized spacial score (nSPS) is 16.6. The first-order chi connectivity index (χ1) is 25.7. The molecule has 1 fully saturated rings. The summed E-state index contributed by atoms with van der Waals surface area (Å²) in [5.74, 6) is 1.03. The van der Waals surface area contributed by atoms with Gasteiger partial charge in [0.15, 0.2) is 19.2 Å². The Morgan fingerprint density at radius 2 is 1.73 bits per heavy atom. The van der Waals surface area contributed by atoms with E-state index in [0.717, 1.165) is 6.07 Å². The molecule has 2 heterocycles. The first-order valence-electron chi connectivity index (χ1n) is 18.0. The molecule has 0 radical (unpaired) electrons. The molecule has 1 saturated heterocycles. The molecule has 3 aromatic carbocycles. The first-order valence-corrected chi connectivity index (χ1v) is 20.2. The van der Waals surface area contributed by atoms with Gasteiger partial charge in [0.05, 0.1) is 27.0 Å². The van der Waals surface area contributed by atoms with Crippen molar-refractivity contribution >= 4 is 41.3 Å². The molecule has 0 aliphatic carbocycles. The van der Waals surface area contributed by atoms with E-state index in [2.05, 4.69) is 63.0 Å². The van der Waals surface area contributed by atoms with Crippen LogP contribution in [0.5, 0.6) is 11.8 Å². The minimum atomic E-state index is -4.79. The van der Waals surface area contributed by atoms with Crippen molar-refractivity contribution in [1.82, 2.24) is 9.97 Å². The van der Waals surface area contributed by atoms with Gasteiger partial charge < -0.3 is 24.2 Å². The van der Waals surface area contributed by atoms with Crippen LogP contribution in [-0.4, -0.2) is 73.4 Å². The molecule has 1 atom stereocenters. The van der Waals surface area contributed by atoms with Crippen LogP contribution in [0.2, 0.25) is 16.6 Å². The first kappa shape index (κ1) is 41.6. The van der Waals surface area contributed by atoms with Gasteiger partial charge in [-0.3, -0.25) is 10.1 Å². The topological polar surface area (TPSA) is 120 Å². The van der Waals surface area contributed by atoms with Crippen molar-refractivity contribution in [3.8, 4) is 34.4 Å². The Kier molecular flexibility index (Phi) is 12.0. The van der Waals surface area contributed by atoms with Gasteiger partial charge in [0, 0.05) is 37.2 Å². The highest BCUT2D eigenvalue weighted by molar-refractivity contribution is 6.90. The number of nitro groups is 1. The molecule has 1 aliphatic rings. The van der Waals surface area contributed by atoms with E-state index in [4.69, 9.17) is 14.2 Å². The van der Waals surface area contributed by atoms with E-state index >= 15 is 8.78 Å². The minimum Gasteiger partial charge on any atom is -0.468 e. The Morgan fingerprint density at radius 3 is 2.31 bits per heavy atom. The Hall–Kier alpha value is -4.59. The standard InChI is InChI=1S/C39H45F5N4O6Si/c1-22(2)55(23(3)4,24(5)6)15-12-27-30(40)11-10-25-16-26(54-21-52-8)17-28(32(25)27)33-31(48(50)51)18-29-35(34(33)41)45-37(53-20-39(42,43)44)46-36(29)47-14-9-13-38(7,49)19-47/h10-11,16-18,22-24,49H,9,13-14,19-21H2,1-8H3/t38-/m1/s1. The van der Waals surface area contributed by atoms with Crippen LogP contribution in [0.25, 0.3) is 32.8 Å². The summed E-state index contributed by atoms with van der Waals surface area (Å²) in [7, 11) is -1.09. The number of methoxy groups -OCH3 is 1. The van der Waals surface area contributed by atoms with Crippen LogP contribution in [0.3, 0.4) is 0 Å². The van der Waals surface area contributed by atoms with Crippen LogP contribution < -0.4 is 14.4 Å². The van der Waals surface area contributed by atoms with Crippen molar-refractivity contribution < 1.29 is 46.2 Å². The smallest absolute Gasteiger partial charge is 0.422 e. The van der Waals surface area contributed by atoms with Crippen LogP contribution in [0, 0.1) is 33.2 Å². The molecule has 0 amide bonds. The molecule has 296 valence electrons. The maximum absolute atomic E-state index is 17.4. The van der Waals surface area contributed by atoms with Gasteiger partial charge in [-0.05, 0) is 60.0 Å². The molecule has 1 aromatic heterocycles. The third-order valence-corrected chi connectivity index (χ3v) is 16.6. The lowest BCUT2D eigenvalue weighted by atomic mass is 9.91. The highest BCUT2D eigenvalue weighted by Gasteiger charge is 2.42.